The number of rotatable bonds is 5. The third kappa shape index (κ3) is 4.18. The highest BCUT2D eigenvalue weighted by Crippen LogP contribution is 2.30. The number of carbonyl (C=O) groups excluding carboxylic acids is 1. The molecule has 6 nitrogen and oxygen atoms in total. The zero-order chi connectivity index (χ0) is 20.3. The fraction of sp³-hybridized carbons (Fsp3) is 0.455. The molecule has 1 aromatic carbocycles. The highest BCUT2D eigenvalue weighted by molar-refractivity contribution is 5.98. The average molecular weight is 383 g/mol. The molecule has 0 saturated heterocycles. The van der Waals surface area contributed by atoms with E-state index < -0.39 is 0 Å². The predicted molar refractivity (Wildman–Crippen MR) is 110 cm³/mol. The quantitative estimate of drug-likeness (QED) is 0.830. The lowest BCUT2D eigenvalue weighted by atomic mass is 9.99. The van der Waals surface area contributed by atoms with Crippen LogP contribution in [0.25, 0.3) is 11.1 Å². The van der Waals surface area contributed by atoms with Gasteiger partial charge >= 0.3 is 0 Å². The fourth-order valence-corrected chi connectivity index (χ4v) is 3.45. The Morgan fingerprint density at radius 2 is 2.04 bits per heavy atom. The van der Waals surface area contributed by atoms with Crippen molar-refractivity contribution >= 4 is 5.91 Å². The zero-order valence-electron chi connectivity index (χ0n) is 17.0. The number of amides is 1. The van der Waals surface area contributed by atoms with Crippen LogP contribution >= 0.6 is 0 Å². The highest BCUT2D eigenvalue weighted by Gasteiger charge is 2.33. The number of nitrogens with one attached hydrogen (secondary N) is 1. The monoisotopic (exact) mass is 383 g/mol. The number of aryl methyl sites for hydroxylation is 1. The van der Waals surface area contributed by atoms with E-state index in [9.17, 15) is 9.90 Å². The van der Waals surface area contributed by atoms with Gasteiger partial charge in [-0.1, -0.05) is 36.8 Å². The average Bonchev–Trinajstić information content (AvgIpc) is 2.70. The molecule has 1 aliphatic rings. The van der Waals surface area contributed by atoms with Crippen molar-refractivity contribution in [1.29, 1.82) is 0 Å². The molecule has 1 aromatic heterocycles. The second-order valence-electron chi connectivity index (χ2n) is 7.62. The van der Waals surface area contributed by atoms with Gasteiger partial charge in [-0.05, 0) is 32.5 Å². The first-order chi connectivity index (χ1) is 13.4. The summed E-state index contributed by atoms with van der Waals surface area (Å²) < 4.78 is 6.15. The number of benzene rings is 1. The second-order valence-corrected chi connectivity index (χ2v) is 7.62. The van der Waals surface area contributed by atoms with Crippen molar-refractivity contribution in [2.24, 2.45) is 5.92 Å². The molecule has 28 heavy (non-hydrogen) atoms. The molecule has 1 amide bonds. The molecule has 3 atom stereocenters. The van der Waals surface area contributed by atoms with E-state index in [0.717, 1.165) is 11.1 Å². The molecule has 0 saturated carbocycles. The topological polar surface area (TPSA) is 74.7 Å². The number of hydrogen-bond acceptors (Lipinski definition) is 5. The lowest BCUT2D eigenvalue weighted by Gasteiger charge is -2.36. The van der Waals surface area contributed by atoms with Gasteiger partial charge in [0.05, 0.1) is 12.6 Å². The van der Waals surface area contributed by atoms with Crippen LogP contribution in [0.15, 0.2) is 36.5 Å². The summed E-state index contributed by atoms with van der Waals surface area (Å²) in [6, 6.07) is 9.68. The van der Waals surface area contributed by atoms with Crippen molar-refractivity contribution in [3.05, 3.63) is 47.7 Å². The number of likely N-dealkylation sites (N-methyl/N-ethyl adjacent to an activating group) is 1. The smallest absolute Gasteiger partial charge is 0.259 e. The van der Waals surface area contributed by atoms with Gasteiger partial charge in [0, 0.05) is 30.8 Å². The summed E-state index contributed by atoms with van der Waals surface area (Å²) in [5.74, 6) is 0.285. The number of ether oxygens (including phenoxy) is 1. The van der Waals surface area contributed by atoms with Crippen LogP contribution < -0.4 is 10.1 Å². The minimum absolute atomic E-state index is 0.0869. The molecule has 0 unspecified atom stereocenters. The van der Waals surface area contributed by atoms with Crippen LogP contribution in [0.3, 0.4) is 0 Å². The Hall–Kier alpha value is -2.44. The summed E-state index contributed by atoms with van der Waals surface area (Å²) in [7, 11) is 1.88. The minimum atomic E-state index is -0.279. The fourth-order valence-electron chi connectivity index (χ4n) is 3.45. The zero-order valence-corrected chi connectivity index (χ0v) is 17.0. The van der Waals surface area contributed by atoms with Crippen molar-refractivity contribution < 1.29 is 14.6 Å². The molecule has 150 valence electrons. The third-order valence-corrected chi connectivity index (χ3v) is 5.31. The molecule has 0 fully saturated rings. The highest BCUT2D eigenvalue weighted by atomic mass is 16.5. The van der Waals surface area contributed by atoms with Crippen molar-refractivity contribution in [1.82, 2.24) is 15.2 Å². The molecule has 0 aliphatic carbocycles. The van der Waals surface area contributed by atoms with E-state index in [0.29, 0.717) is 24.5 Å². The maximum Gasteiger partial charge on any atom is 0.259 e. The number of fused-ring (bicyclic) bond motifs is 1. The van der Waals surface area contributed by atoms with Crippen LogP contribution in [-0.2, 0) is 0 Å². The van der Waals surface area contributed by atoms with E-state index in [1.54, 1.807) is 11.1 Å². The van der Waals surface area contributed by atoms with Crippen LogP contribution in [0.2, 0.25) is 0 Å². The molecule has 0 radical (unpaired) electrons. The van der Waals surface area contributed by atoms with Crippen LogP contribution in [0.5, 0.6) is 5.88 Å². The first kappa shape index (κ1) is 20.3. The minimum Gasteiger partial charge on any atom is -0.472 e. The molecule has 1 aliphatic heterocycles. The van der Waals surface area contributed by atoms with Crippen molar-refractivity contribution in [3.8, 4) is 17.0 Å². The number of hydrogen-bond donors (Lipinski definition) is 2. The van der Waals surface area contributed by atoms with Gasteiger partial charge < -0.3 is 20.1 Å². The number of aliphatic hydroxyl groups excluding tert-OH is 1. The van der Waals surface area contributed by atoms with Gasteiger partial charge in [0.15, 0.2) is 0 Å². The summed E-state index contributed by atoms with van der Waals surface area (Å²) in [5, 5.41) is 12.8. The lowest BCUT2D eigenvalue weighted by Crippen LogP contribution is -2.49. The van der Waals surface area contributed by atoms with Gasteiger partial charge in [0.2, 0.25) is 5.88 Å². The van der Waals surface area contributed by atoms with Gasteiger partial charge in [0.25, 0.3) is 5.91 Å². The number of pyridine rings is 1. The third-order valence-electron chi connectivity index (χ3n) is 5.31. The number of aliphatic hydroxyl groups is 1. The maximum absolute atomic E-state index is 13.3. The molecule has 3 rings (SSSR count). The molecular weight excluding hydrogens is 354 g/mol. The van der Waals surface area contributed by atoms with Gasteiger partial charge in [-0.25, -0.2) is 4.98 Å². The second kappa shape index (κ2) is 8.71. The SMILES string of the molecule is CNC[C@H]1Oc2ncc(-c3ccc(C)cc3)cc2C(=O)N([C@@H](C)CO)C[C@H]1C. The number of aromatic nitrogens is 1. The molecule has 0 bridgehead atoms. The predicted octanol–water partition coefficient (Wildman–Crippen LogP) is 2.50. The van der Waals surface area contributed by atoms with E-state index in [1.165, 1.54) is 5.56 Å². The molecule has 2 aromatic rings. The first-order valence-corrected chi connectivity index (χ1v) is 9.74. The molecular formula is C22H29N3O3. The lowest BCUT2D eigenvalue weighted by molar-refractivity contribution is 0.0404. The molecule has 2 N–H and O–H groups in total. The van der Waals surface area contributed by atoms with E-state index in [2.05, 4.69) is 17.2 Å². The van der Waals surface area contributed by atoms with Gasteiger partial charge in [-0.2, -0.15) is 0 Å². The molecule has 2 heterocycles. The van der Waals surface area contributed by atoms with E-state index in [-0.39, 0.29) is 30.6 Å². The summed E-state index contributed by atoms with van der Waals surface area (Å²) in [6.07, 6.45) is 1.63. The van der Waals surface area contributed by atoms with Crippen LogP contribution in [0.4, 0.5) is 0 Å². The molecule has 0 spiro atoms. The Bertz CT molecular complexity index is 822. The van der Waals surface area contributed by atoms with Crippen LogP contribution in [0, 0.1) is 12.8 Å². The van der Waals surface area contributed by atoms with E-state index >= 15 is 0 Å². The summed E-state index contributed by atoms with van der Waals surface area (Å²) >= 11 is 0. The number of carbonyl (C=O) groups is 1. The van der Waals surface area contributed by atoms with E-state index in [4.69, 9.17) is 4.74 Å². The largest absolute Gasteiger partial charge is 0.472 e. The molecule has 6 heteroatoms. The van der Waals surface area contributed by atoms with E-state index in [1.807, 2.05) is 51.2 Å². The van der Waals surface area contributed by atoms with Gasteiger partial charge in [0.1, 0.15) is 11.7 Å². The van der Waals surface area contributed by atoms with Crippen molar-refractivity contribution in [2.45, 2.75) is 32.9 Å². The van der Waals surface area contributed by atoms with Gasteiger partial charge in [-0.3, -0.25) is 4.79 Å². The Balaban J connectivity index is 2.06. The Labute approximate surface area is 166 Å². The maximum atomic E-state index is 13.3. The number of nitrogens with zero attached hydrogens (tertiary/aromatic N) is 2. The van der Waals surface area contributed by atoms with Crippen LogP contribution in [0.1, 0.15) is 29.8 Å². The van der Waals surface area contributed by atoms with Gasteiger partial charge in [-0.15, -0.1) is 0 Å². The van der Waals surface area contributed by atoms with Crippen molar-refractivity contribution in [2.75, 3.05) is 26.7 Å². The first-order valence-electron chi connectivity index (χ1n) is 9.74. The summed E-state index contributed by atoms with van der Waals surface area (Å²) in [6.45, 7) is 7.03. The van der Waals surface area contributed by atoms with Crippen molar-refractivity contribution in [3.63, 3.8) is 0 Å². The normalized spacial score (nSPS) is 20.8. The summed E-state index contributed by atoms with van der Waals surface area (Å²) in [5.41, 5.74) is 3.48. The summed E-state index contributed by atoms with van der Waals surface area (Å²) in [4.78, 5) is 19.5. The Morgan fingerprint density at radius 3 is 2.68 bits per heavy atom. The Morgan fingerprint density at radius 1 is 1.32 bits per heavy atom. The standard InChI is InChI=1S/C22H29N3O3/c1-14-5-7-17(8-6-14)18-9-19-21(24-10-18)28-20(11-23-4)15(2)12-25(22(19)27)16(3)13-26/h5-10,15-16,20,23,26H,11-13H2,1-4H3/t15-,16+,20-/m1/s1. The Kier molecular flexibility index (Phi) is 6.31. The van der Waals surface area contributed by atoms with Crippen LogP contribution in [-0.4, -0.2) is 59.8 Å².